The first kappa shape index (κ1) is 19.9. The number of hydrogen-bond acceptors (Lipinski definition) is 5. The molecule has 8 nitrogen and oxygen atoms in total. The van der Waals surface area contributed by atoms with E-state index in [4.69, 9.17) is 12.2 Å². The number of nitrogens with zero attached hydrogens (tertiary/aromatic N) is 5. The van der Waals surface area contributed by atoms with Gasteiger partial charge in [0.25, 0.3) is 0 Å². The Bertz CT molecular complexity index is 1180. The van der Waals surface area contributed by atoms with Crippen LogP contribution in [0.3, 0.4) is 0 Å². The summed E-state index contributed by atoms with van der Waals surface area (Å²) in [5.41, 5.74) is 0.536. The third-order valence-corrected chi connectivity index (χ3v) is 6.61. The fraction of sp³-hybridized carbons (Fsp3) is 0.389. The molecule has 3 heterocycles. The number of benzene rings is 1. The SMILES string of the molecule is CS(=O)(=O)N1CCC[C@@H](c2n[nH]c(=S)n2-c2ccn(Cc3ccccc3F)n2)C1. The number of nitrogens with one attached hydrogen (secondary N) is 1. The van der Waals surface area contributed by atoms with Gasteiger partial charge in [-0.1, -0.05) is 18.2 Å². The van der Waals surface area contributed by atoms with Crippen LogP contribution >= 0.6 is 12.2 Å². The van der Waals surface area contributed by atoms with E-state index in [2.05, 4.69) is 15.3 Å². The summed E-state index contributed by atoms with van der Waals surface area (Å²) in [6.45, 7) is 1.16. The van der Waals surface area contributed by atoms with Crippen LogP contribution in [-0.4, -0.2) is 56.6 Å². The maximum absolute atomic E-state index is 13.9. The molecule has 3 aromatic rings. The van der Waals surface area contributed by atoms with Gasteiger partial charge >= 0.3 is 0 Å². The average molecular weight is 437 g/mol. The minimum Gasteiger partial charge on any atom is -0.266 e. The van der Waals surface area contributed by atoms with Crippen molar-refractivity contribution in [3.05, 3.63) is 58.5 Å². The normalized spacial score (nSPS) is 18.2. The molecule has 0 bridgehead atoms. The van der Waals surface area contributed by atoms with Crippen LogP contribution in [0.4, 0.5) is 4.39 Å². The van der Waals surface area contributed by atoms with Gasteiger partial charge in [-0.2, -0.15) is 10.2 Å². The molecule has 4 rings (SSSR count). The predicted octanol–water partition coefficient (Wildman–Crippen LogP) is 2.45. The molecule has 0 saturated carbocycles. The molecule has 154 valence electrons. The highest BCUT2D eigenvalue weighted by Gasteiger charge is 2.30. The van der Waals surface area contributed by atoms with Gasteiger partial charge in [0.05, 0.1) is 12.8 Å². The molecular formula is C18H21FN6O2S2. The van der Waals surface area contributed by atoms with Crippen LogP contribution < -0.4 is 0 Å². The molecule has 1 aliphatic heterocycles. The van der Waals surface area contributed by atoms with Crippen molar-refractivity contribution in [3.63, 3.8) is 0 Å². The highest BCUT2D eigenvalue weighted by Crippen LogP contribution is 2.28. The third-order valence-electron chi connectivity index (χ3n) is 5.06. The lowest BCUT2D eigenvalue weighted by Gasteiger charge is -2.30. The second-order valence-electron chi connectivity index (χ2n) is 7.15. The van der Waals surface area contributed by atoms with E-state index in [0.717, 1.165) is 12.8 Å². The summed E-state index contributed by atoms with van der Waals surface area (Å²) < 4.78 is 43.0. The van der Waals surface area contributed by atoms with Gasteiger partial charge in [0, 0.05) is 36.8 Å². The maximum Gasteiger partial charge on any atom is 0.211 e. The summed E-state index contributed by atoms with van der Waals surface area (Å²) in [5.74, 6) is 0.836. The zero-order valence-electron chi connectivity index (χ0n) is 15.8. The Balaban J connectivity index is 1.62. The Kier molecular flexibility index (Phi) is 5.36. The quantitative estimate of drug-likeness (QED) is 0.621. The van der Waals surface area contributed by atoms with Gasteiger partial charge in [-0.3, -0.25) is 14.3 Å². The zero-order valence-corrected chi connectivity index (χ0v) is 17.5. The Hall–Kier alpha value is -2.37. The highest BCUT2D eigenvalue weighted by molar-refractivity contribution is 7.88. The number of halogens is 1. The molecule has 0 spiro atoms. The van der Waals surface area contributed by atoms with Gasteiger partial charge in [-0.25, -0.2) is 17.1 Å². The molecule has 0 amide bonds. The second kappa shape index (κ2) is 7.81. The van der Waals surface area contributed by atoms with Crippen molar-refractivity contribution in [2.75, 3.05) is 19.3 Å². The maximum atomic E-state index is 13.9. The molecule has 29 heavy (non-hydrogen) atoms. The van der Waals surface area contributed by atoms with Crippen molar-refractivity contribution >= 4 is 22.2 Å². The molecule has 1 atom stereocenters. The van der Waals surface area contributed by atoms with Crippen LogP contribution in [0.25, 0.3) is 5.82 Å². The van der Waals surface area contributed by atoms with Gasteiger partial charge in [0.15, 0.2) is 5.82 Å². The summed E-state index contributed by atoms with van der Waals surface area (Å²) in [6.07, 6.45) is 4.53. The van der Waals surface area contributed by atoms with E-state index < -0.39 is 10.0 Å². The minimum atomic E-state index is -3.27. The van der Waals surface area contributed by atoms with Crippen LogP contribution in [0.2, 0.25) is 0 Å². The number of aromatic amines is 1. The van der Waals surface area contributed by atoms with Gasteiger partial charge in [-0.15, -0.1) is 0 Å². The number of hydrogen-bond donors (Lipinski definition) is 1. The summed E-state index contributed by atoms with van der Waals surface area (Å²) >= 11 is 5.39. The summed E-state index contributed by atoms with van der Waals surface area (Å²) in [4.78, 5) is 0. The molecule has 1 N–H and O–H groups in total. The molecule has 0 radical (unpaired) electrons. The largest absolute Gasteiger partial charge is 0.266 e. The first-order chi connectivity index (χ1) is 13.8. The van der Waals surface area contributed by atoms with Gasteiger partial charge in [0.2, 0.25) is 14.8 Å². The molecule has 1 saturated heterocycles. The lowest BCUT2D eigenvalue weighted by Crippen LogP contribution is -2.39. The van der Waals surface area contributed by atoms with E-state index in [1.165, 1.54) is 16.6 Å². The van der Waals surface area contributed by atoms with Crippen molar-refractivity contribution in [3.8, 4) is 5.82 Å². The number of rotatable bonds is 5. The third kappa shape index (κ3) is 4.16. The van der Waals surface area contributed by atoms with E-state index >= 15 is 0 Å². The Morgan fingerprint density at radius 1 is 1.31 bits per heavy atom. The fourth-order valence-electron chi connectivity index (χ4n) is 3.62. The molecule has 0 aliphatic carbocycles. The van der Waals surface area contributed by atoms with E-state index in [9.17, 15) is 12.8 Å². The Morgan fingerprint density at radius 3 is 2.86 bits per heavy atom. The number of aromatic nitrogens is 5. The van der Waals surface area contributed by atoms with Gasteiger partial charge in [0.1, 0.15) is 11.6 Å². The minimum absolute atomic E-state index is 0.0943. The van der Waals surface area contributed by atoms with Crippen molar-refractivity contribution in [1.29, 1.82) is 0 Å². The van der Waals surface area contributed by atoms with Crippen LogP contribution in [0.5, 0.6) is 0 Å². The fourth-order valence-corrected chi connectivity index (χ4v) is 4.76. The highest BCUT2D eigenvalue weighted by atomic mass is 32.2. The topological polar surface area (TPSA) is 88.8 Å². The summed E-state index contributed by atoms with van der Waals surface area (Å²) in [5, 5.41) is 11.7. The lowest BCUT2D eigenvalue weighted by molar-refractivity contribution is 0.309. The molecular weight excluding hydrogens is 415 g/mol. The summed E-state index contributed by atoms with van der Waals surface area (Å²) in [7, 11) is -3.27. The van der Waals surface area contributed by atoms with E-state index in [-0.39, 0.29) is 11.7 Å². The van der Waals surface area contributed by atoms with E-state index in [1.807, 2.05) is 0 Å². The Morgan fingerprint density at radius 2 is 2.10 bits per heavy atom. The Labute approximate surface area is 173 Å². The molecule has 2 aromatic heterocycles. The molecule has 1 aromatic carbocycles. The zero-order chi connectivity index (χ0) is 20.6. The first-order valence-electron chi connectivity index (χ1n) is 9.22. The first-order valence-corrected chi connectivity index (χ1v) is 11.5. The van der Waals surface area contributed by atoms with Gasteiger partial charge < -0.3 is 0 Å². The molecule has 11 heteroatoms. The van der Waals surface area contributed by atoms with Crippen LogP contribution in [-0.2, 0) is 16.6 Å². The van der Waals surface area contributed by atoms with E-state index in [1.54, 1.807) is 39.7 Å². The predicted molar refractivity (Wildman–Crippen MR) is 108 cm³/mol. The number of H-pyrrole nitrogens is 1. The number of piperidine rings is 1. The van der Waals surface area contributed by atoms with E-state index in [0.29, 0.717) is 41.6 Å². The summed E-state index contributed by atoms with van der Waals surface area (Å²) in [6, 6.07) is 8.35. The van der Waals surface area contributed by atoms with Crippen molar-refractivity contribution < 1.29 is 12.8 Å². The molecule has 0 unspecified atom stereocenters. The standard InChI is InChI=1S/C18H21FN6O2S2/c1-29(26,27)24-9-4-6-14(12-24)17-20-21-18(28)25(17)16-8-10-23(22-16)11-13-5-2-3-7-15(13)19/h2-3,5,7-8,10,14H,4,6,9,11-12H2,1H3,(H,21,28)/t14-/m1/s1. The van der Waals surface area contributed by atoms with Crippen molar-refractivity contribution in [2.24, 2.45) is 0 Å². The van der Waals surface area contributed by atoms with Crippen molar-refractivity contribution in [2.45, 2.75) is 25.3 Å². The van der Waals surface area contributed by atoms with Crippen LogP contribution in [0, 0.1) is 10.6 Å². The molecule has 1 fully saturated rings. The average Bonchev–Trinajstić information content (AvgIpc) is 3.29. The second-order valence-corrected chi connectivity index (χ2v) is 9.51. The smallest absolute Gasteiger partial charge is 0.211 e. The molecule has 1 aliphatic rings. The van der Waals surface area contributed by atoms with Crippen molar-refractivity contribution in [1.82, 2.24) is 28.9 Å². The monoisotopic (exact) mass is 436 g/mol. The van der Waals surface area contributed by atoms with Gasteiger partial charge in [-0.05, 0) is 31.1 Å². The number of sulfonamides is 1. The van der Waals surface area contributed by atoms with Crippen LogP contribution in [0.15, 0.2) is 36.5 Å². The lowest BCUT2D eigenvalue weighted by atomic mass is 9.99. The van der Waals surface area contributed by atoms with Crippen LogP contribution in [0.1, 0.15) is 30.1 Å².